The summed E-state index contributed by atoms with van der Waals surface area (Å²) in [5, 5.41) is 5.32. The van der Waals surface area contributed by atoms with E-state index in [-0.39, 0.29) is 6.61 Å². The van der Waals surface area contributed by atoms with Crippen molar-refractivity contribution in [3.63, 3.8) is 0 Å². The van der Waals surface area contributed by atoms with Gasteiger partial charge in [0.05, 0.1) is 0 Å². The topological polar surface area (TPSA) is 52.1 Å². The average molecular weight is 143 g/mol. The summed E-state index contributed by atoms with van der Waals surface area (Å²) < 4.78 is 7.83. The highest BCUT2D eigenvalue weighted by atomic mass is 32.1. The highest BCUT2D eigenvalue weighted by Crippen LogP contribution is 1.96. The van der Waals surface area contributed by atoms with Gasteiger partial charge in [-0.1, -0.05) is 4.49 Å². The van der Waals surface area contributed by atoms with E-state index in [2.05, 4.69) is 14.3 Å². The SMILES string of the molecule is O=[C]OCc1csnn1. The molecule has 0 fully saturated rings. The molecule has 0 spiro atoms. The Morgan fingerprint density at radius 1 is 1.89 bits per heavy atom. The van der Waals surface area contributed by atoms with Crippen molar-refractivity contribution in [2.75, 3.05) is 0 Å². The van der Waals surface area contributed by atoms with E-state index < -0.39 is 0 Å². The Bertz CT molecular complexity index is 175. The fourth-order valence-electron chi connectivity index (χ4n) is 0.350. The van der Waals surface area contributed by atoms with Crippen molar-refractivity contribution in [2.24, 2.45) is 0 Å². The first-order valence-electron chi connectivity index (χ1n) is 2.18. The standard InChI is InChI=1S/C4H3N2O2S/c7-3-8-1-4-2-9-6-5-4/h2H,1H2. The number of rotatable bonds is 3. The third-order valence-electron chi connectivity index (χ3n) is 0.684. The molecule has 9 heavy (non-hydrogen) atoms. The zero-order valence-corrected chi connectivity index (χ0v) is 5.22. The molecule has 47 valence electrons. The molecule has 1 aromatic heterocycles. The molecule has 4 nitrogen and oxygen atoms in total. The molecule has 0 saturated heterocycles. The number of nitrogens with zero attached hydrogens (tertiary/aromatic N) is 2. The highest BCUT2D eigenvalue weighted by Gasteiger charge is 1.93. The van der Waals surface area contributed by atoms with Crippen molar-refractivity contribution < 1.29 is 9.53 Å². The van der Waals surface area contributed by atoms with Gasteiger partial charge in [-0.25, -0.2) is 4.79 Å². The molecule has 1 aromatic rings. The van der Waals surface area contributed by atoms with Gasteiger partial charge in [0.15, 0.2) is 0 Å². The van der Waals surface area contributed by atoms with Crippen molar-refractivity contribution in [2.45, 2.75) is 6.61 Å². The van der Waals surface area contributed by atoms with Gasteiger partial charge in [0, 0.05) is 5.38 Å². The molecule has 0 aliphatic rings. The molecule has 0 saturated carbocycles. The minimum atomic E-state index is 0.167. The first kappa shape index (κ1) is 6.15. The molecule has 1 rings (SSSR count). The Morgan fingerprint density at radius 3 is 3.33 bits per heavy atom. The number of ether oxygens (including phenoxy) is 1. The molecule has 1 radical (unpaired) electrons. The second-order valence-corrected chi connectivity index (χ2v) is 1.88. The zero-order chi connectivity index (χ0) is 6.53. The fraction of sp³-hybridized carbons (Fsp3) is 0.250. The van der Waals surface area contributed by atoms with E-state index in [1.807, 2.05) is 0 Å². The summed E-state index contributed by atoms with van der Waals surface area (Å²) in [4.78, 5) is 9.51. The number of aromatic nitrogens is 2. The predicted molar refractivity (Wildman–Crippen MR) is 30.4 cm³/mol. The Balaban J connectivity index is 2.38. The molecule has 0 bridgehead atoms. The Labute approximate surface area is 55.6 Å². The molecular formula is C4H3N2O2S. The average Bonchev–Trinajstić information content (AvgIpc) is 2.34. The maximum absolute atomic E-state index is 9.51. The lowest BCUT2D eigenvalue weighted by Crippen LogP contribution is -1.89. The molecule has 0 aromatic carbocycles. The van der Waals surface area contributed by atoms with Crippen LogP contribution in [0.4, 0.5) is 0 Å². The van der Waals surface area contributed by atoms with Gasteiger partial charge in [0.2, 0.25) is 0 Å². The highest BCUT2D eigenvalue weighted by molar-refractivity contribution is 7.03. The predicted octanol–water partition coefficient (Wildman–Crippen LogP) is 0.122. The maximum Gasteiger partial charge on any atom is 0.417 e. The van der Waals surface area contributed by atoms with Crippen LogP contribution < -0.4 is 0 Å². The molecule has 0 N–H and O–H groups in total. The number of carbonyl (C=O) groups excluding carboxylic acids is 1. The summed E-state index contributed by atoms with van der Waals surface area (Å²) in [5.41, 5.74) is 0.656. The first-order chi connectivity index (χ1) is 4.43. The quantitative estimate of drug-likeness (QED) is 0.603. The largest absolute Gasteiger partial charge is 0.451 e. The normalized spacial score (nSPS) is 8.89. The number of hydrogen-bond donors (Lipinski definition) is 0. The van der Waals surface area contributed by atoms with E-state index in [1.54, 1.807) is 5.38 Å². The van der Waals surface area contributed by atoms with E-state index in [0.717, 1.165) is 0 Å². The summed E-state index contributed by atoms with van der Waals surface area (Å²) in [5.74, 6) is 0. The Kier molecular flexibility index (Phi) is 2.14. The Hall–Kier alpha value is -0.970. The zero-order valence-electron chi connectivity index (χ0n) is 4.40. The lowest BCUT2D eigenvalue weighted by Gasteiger charge is -1.86. The molecule has 5 heteroatoms. The maximum atomic E-state index is 9.51. The summed E-state index contributed by atoms with van der Waals surface area (Å²) in [7, 11) is 0. The van der Waals surface area contributed by atoms with Crippen LogP contribution in [0, 0.1) is 0 Å². The second kappa shape index (κ2) is 3.13. The van der Waals surface area contributed by atoms with Crippen LogP contribution in [0.1, 0.15) is 5.69 Å². The summed E-state index contributed by atoms with van der Waals surface area (Å²) in [6.45, 7) is 1.46. The van der Waals surface area contributed by atoms with Crippen LogP contribution in [0.3, 0.4) is 0 Å². The molecule has 0 aliphatic heterocycles. The molecule has 1 heterocycles. The molecule has 0 amide bonds. The lowest BCUT2D eigenvalue weighted by atomic mass is 10.5. The second-order valence-electron chi connectivity index (χ2n) is 1.27. The van der Waals surface area contributed by atoms with E-state index in [0.29, 0.717) is 5.69 Å². The summed E-state index contributed by atoms with van der Waals surface area (Å²) in [6.07, 6.45) is 0. The van der Waals surface area contributed by atoms with E-state index in [9.17, 15) is 4.79 Å². The minimum Gasteiger partial charge on any atom is -0.451 e. The van der Waals surface area contributed by atoms with Gasteiger partial charge in [-0.15, -0.1) is 5.10 Å². The smallest absolute Gasteiger partial charge is 0.417 e. The lowest BCUT2D eigenvalue weighted by molar-refractivity contribution is 0.263. The van der Waals surface area contributed by atoms with Crippen molar-refractivity contribution in [3.05, 3.63) is 11.1 Å². The van der Waals surface area contributed by atoms with Crippen LogP contribution in [0.2, 0.25) is 0 Å². The molecule has 0 unspecified atom stereocenters. The molecule has 0 atom stereocenters. The van der Waals surface area contributed by atoms with Gasteiger partial charge < -0.3 is 4.74 Å². The van der Waals surface area contributed by atoms with Gasteiger partial charge in [-0.05, 0) is 11.5 Å². The van der Waals surface area contributed by atoms with Gasteiger partial charge in [0.25, 0.3) is 0 Å². The van der Waals surface area contributed by atoms with Gasteiger partial charge in [-0.3, -0.25) is 0 Å². The molecular weight excluding hydrogens is 140 g/mol. The van der Waals surface area contributed by atoms with Crippen molar-refractivity contribution in [1.82, 2.24) is 9.59 Å². The van der Waals surface area contributed by atoms with Gasteiger partial charge in [-0.2, -0.15) is 0 Å². The molecule has 0 aliphatic carbocycles. The van der Waals surface area contributed by atoms with Crippen LogP contribution in [0.25, 0.3) is 0 Å². The van der Waals surface area contributed by atoms with Gasteiger partial charge >= 0.3 is 6.47 Å². The van der Waals surface area contributed by atoms with E-state index in [1.165, 1.54) is 18.0 Å². The summed E-state index contributed by atoms with van der Waals surface area (Å²) >= 11 is 1.22. The monoisotopic (exact) mass is 143 g/mol. The minimum absolute atomic E-state index is 0.167. The van der Waals surface area contributed by atoms with Crippen LogP contribution in [-0.4, -0.2) is 16.1 Å². The van der Waals surface area contributed by atoms with Crippen molar-refractivity contribution >= 4 is 18.0 Å². The Morgan fingerprint density at radius 2 is 2.78 bits per heavy atom. The first-order valence-corrected chi connectivity index (χ1v) is 3.02. The van der Waals surface area contributed by atoms with Crippen LogP contribution in [0.5, 0.6) is 0 Å². The van der Waals surface area contributed by atoms with Gasteiger partial charge in [0.1, 0.15) is 12.3 Å². The van der Waals surface area contributed by atoms with E-state index >= 15 is 0 Å². The fourth-order valence-corrected chi connectivity index (χ4v) is 0.786. The summed E-state index contributed by atoms with van der Waals surface area (Å²) in [6, 6.07) is 0. The van der Waals surface area contributed by atoms with Crippen LogP contribution in [-0.2, 0) is 16.1 Å². The van der Waals surface area contributed by atoms with Crippen LogP contribution in [0.15, 0.2) is 5.38 Å². The van der Waals surface area contributed by atoms with Crippen LogP contribution >= 0.6 is 11.5 Å². The van der Waals surface area contributed by atoms with Crippen molar-refractivity contribution in [1.29, 1.82) is 0 Å². The van der Waals surface area contributed by atoms with Crippen molar-refractivity contribution in [3.8, 4) is 0 Å². The van der Waals surface area contributed by atoms with E-state index in [4.69, 9.17) is 0 Å². The third-order valence-corrected chi connectivity index (χ3v) is 1.24. The third kappa shape index (κ3) is 1.77. The number of hydrogen-bond acceptors (Lipinski definition) is 5.